The van der Waals surface area contributed by atoms with E-state index in [9.17, 15) is 0 Å². The molecule has 1 heteroatoms. The summed E-state index contributed by atoms with van der Waals surface area (Å²) >= 11 is 0. The van der Waals surface area contributed by atoms with Gasteiger partial charge in [0.2, 0.25) is 0 Å². The number of hydrogen-bond acceptors (Lipinski definition) is 1. The Morgan fingerprint density at radius 3 is 1.73 bits per heavy atom. The molecule has 0 aliphatic rings. The highest BCUT2D eigenvalue weighted by molar-refractivity contribution is 6.36. The molecule has 10 aromatic carbocycles. The van der Waals surface area contributed by atoms with Gasteiger partial charge in [-0.15, -0.1) is 0 Å². The van der Waals surface area contributed by atoms with E-state index in [4.69, 9.17) is 6.58 Å². The first-order chi connectivity index (χ1) is 27.2. The van der Waals surface area contributed by atoms with Crippen LogP contribution in [0.25, 0.3) is 81.3 Å². The highest BCUT2D eigenvalue weighted by Gasteiger charge is 2.20. The SMILES string of the molecule is C=CC=CC(=C)c1cc2cccc3c(N(c4ccccc4)c4ccccc4)ccc(cc(-c4ccccc4)c4c1cc1c5ccccc5c5cccc4c51)c23. The zero-order valence-electron chi connectivity index (χ0n) is 30.4. The lowest BCUT2D eigenvalue weighted by atomic mass is 9.90. The van der Waals surface area contributed by atoms with E-state index >= 15 is 0 Å². The van der Waals surface area contributed by atoms with Crippen LogP contribution in [0.5, 0.6) is 0 Å². The molecule has 0 aliphatic carbocycles. The molecule has 0 amide bonds. The van der Waals surface area contributed by atoms with Gasteiger partial charge in [-0.2, -0.15) is 0 Å². The highest BCUT2D eigenvalue weighted by atomic mass is 15.1. The molecular weight excluding hydrogens is 663 g/mol. The van der Waals surface area contributed by atoms with Gasteiger partial charge in [0.1, 0.15) is 0 Å². The third-order valence-electron chi connectivity index (χ3n) is 11.0. The number of benzene rings is 8. The monoisotopic (exact) mass is 699 g/mol. The Morgan fingerprint density at radius 1 is 0.436 bits per heavy atom. The van der Waals surface area contributed by atoms with Crippen molar-refractivity contribution in [3.8, 4) is 11.1 Å². The molecule has 55 heavy (non-hydrogen) atoms. The zero-order valence-corrected chi connectivity index (χ0v) is 30.4. The molecule has 0 aromatic heterocycles. The Labute approximate surface area is 321 Å². The molecule has 0 N–H and O–H groups in total. The molecular formula is C54H37N. The number of fused-ring (bicyclic) bond motifs is 5. The van der Waals surface area contributed by atoms with Crippen LogP contribution in [-0.2, 0) is 0 Å². The van der Waals surface area contributed by atoms with Crippen molar-refractivity contribution < 1.29 is 0 Å². The van der Waals surface area contributed by atoms with Crippen LogP contribution >= 0.6 is 0 Å². The Bertz CT molecular complexity index is 3120. The van der Waals surface area contributed by atoms with Gasteiger partial charge in [0.05, 0.1) is 5.69 Å². The quantitative estimate of drug-likeness (QED) is 0.150. The van der Waals surface area contributed by atoms with Crippen molar-refractivity contribution in [1.82, 2.24) is 0 Å². The van der Waals surface area contributed by atoms with Crippen molar-refractivity contribution in [1.29, 1.82) is 0 Å². The summed E-state index contributed by atoms with van der Waals surface area (Å²) in [7, 11) is 0. The van der Waals surface area contributed by atoms with E-state index in [1.807, 2.05) is 12.2 Å². The molecule has 0 saturated carbocycles. The molecule has 0 fully saturated rings. The molecule has 10 rings (SSSR count). The average molecular weight is 700 g/mol. The first-order valence-corrected chi connectivity index (χ1v) is 18.8. The Kier molecular flexibility index (Phi) is 7.86. The number of rotatable bonds is 7. The van der Waals surface area contributed by atoms with Crippen molar-refractivity contribution in [2.75, 3.05) is 4.90 Å². The molecule has 0 bridgehead atoms. The maximum atomic E-state index is 4.72. The lowest BCUT2D eigenvalue weighted by Gasteiger charge is -2.27. The number of para-hydroxylation sites is 2. The summed E-state index contributed by atoms with van der Waals surface area (Å²) in [5.41, 5.74) is 7.68. The molecule has 258 valence electrons. The predicted octanol–water partition coefficient (Wildman–Crippen LogP) is 15.5. The number of allylic oxidation sites excluding steroid dienone is 4. The summed E-state index contributed by atoms with van der Waals surface area (Å²) in [5.74, 6) is 0. The molecule has 0 aliphatic heterocycles. The molecule has 0 atom stereocenters. The minimum atomic E-state index is 0.925. The largest absolute Gasteiger partial charge is 0.310 e. The minimum Gasteiger partial charge on any atom is -0.310 e. The first-order valence-electron chi connectivity index (χ1n) is 18.8. The van der Waals surface area contributed by atoms with Gasteiger partial charge in [0.25, 0.3) is 0 Å². The van der Waals surface area contributed by atoms with Gasteiger partial charge >= 0.3 is 0 Å². The molecule has 1 nitrogen and oxygen atoms in total. The van der Waals surface area contributed by atoms with Crippen molar-refractivity contribution in [3.05, 3.63) is 219 Å². The summed E-state index contributed by atoms with van der Waals surface area (Å²) in [5, 5.41) is 14.7. The molecule has 0 unspecified atom stereocenters. The standard InChI is InChI=1S/C54H37N/c1-3-4-18-36(2)47-33-38-21-16-29-45-51(55(40-22-10-6-11-23-40)41-24-12-7-13-25-41)32-31-39(52(38)45)34-48(37-19-8-5-9-20-37)54-46-30-17-28-44-42-26-14-15-27-43(42)49(53(44)46)35-50(47)54/h3-35H,1-2H2. The fourth-order valence-electron chi connectivity index (χ4n) is 8.69. The minimum absolute atomic E-state index is 0.925. The van der Waals surface area contributed by atoms with Gasteiger partial charge in [-0.05, 0) is 130 Å². The maximum Gasteiger partial charge on any atom is 0.0540 e. The van der Waals surface area contributed by atoms with Crippen molar-refractivity contribution in [3.63, 3.8) is 0 Å². The van der Waals surface area contributed by atoms with Crippen molar-refractivity contribution in [2.45, 2.75) is 0 Å². The normalized spacial score (nSPS) is 11.7. The molecule has 0 spiro atoms. The Hall–Kier alpha value is -7.22. The second-order valence-corrected chi connectivity index (χ2v) is 14.2. The third kappa shape index (κ3) is 5.32. The lowest BCUT2D eigenvalue weighted by Crippen LogP contribution is -2.10. The van der Waals surface area contributed by atoms with E-state index < -0.39 is 0 Å². The van der Waals surface area contributed by atoms with E-state index in [0.717, 1.165) is 44.4 Å². The fourth-order valence-corrected chi connectivity index (χ4v) is 8.69. The second-order valence-electron chi connectivity index (χ2n) is 14.2. The van der Waals surface area contributed by atoms with E-state index in [1.165, 1.54) is 59.6 Å². The molecule has 0 saturated heterocycles. The number of anilines is 3. The van der Waals surface area contributed by atoms with Crippen LogP contribution in [0, 0.1) is 0 Å². The third-order valence-corrected chi connectivity index (χ3v) is 11.0. The van der Waals surface area contributed by atoms with Crippen LogP contribution in [-0.4, -0.2) is 0 Å². The predicted molar refractivity (Wildman–Crippen MR) is 240 cm³/mol. The van der Waals surface area contributed by atoms with Crippen LogP contribution in [0.2, 0.25) is 0 Å². The topological polar surface area (TPSA) is 3.24 Å². The van der Waals surface area contributed by atoms with Gasteiger partial charge in [-0.3, -0.25) is 0 Å². The van der Waals surface area contributed by atoms with Gasteiger partial charge in [-0.1, -0.05) is 165 Å². The number of nitrogens with zero attached hydrogens (tertiary/aromatic N) is 1. The van der Waals surface area contributed by atoms with Gasteiger partial charge in [0.15, 0.2) is 0 Å². The van der Waals surface area contributed by atoms with Crippen LogP contribution < -0.4 is 4.90 Å². The van der Waals surface area contributed by atoms with E-state index in [0.29, 0.717) is 0 Å². The zero-order chi connectivity index (χ0) is 36.9. The van der Waals surface area contributed by atoms with Crippen LogP contribution in [0.1, 0.15) is 5.56 Å². The first kappa shape index (κ1) is 32.4. The summed E-state index contributed by atoms with van der Waals surface area (Å²) in [4.78, 5) is 2.37. The smallest absolute Gasteiger partial charge is 0.0540 e. The molecule has 0 heterocycles. The average Bonchev–Trinajstić information content (AvgIpc) is 3.59. The van der Waals surface area contributed by atoms with Crippen LogP contribution in [0.15, 0.2) is 213 Å². The summed E-state index contributed by atoms with van der Waals surface area (Å²) < 4.78 is 0. The highest BCUT2D eigenvalue weighted by Crippen LogP contribution is 2.47. The summed E-state index contributed by atoms with van der Waals surface area (Å²) in [6, 6.07) is 66.3. The second kappa shape index (κ2) is 13.3. The van der Waals surface area contributed by atoms with Gasteiger partial charge in [-0.25, -0.2) is 0 Å². The van der Waals surface area contributed by atoms with E-state index in [2.05, 4.69) is 200 Å². The Balaban J connectivity index is 1.44. The van der Waals surface area contributed by atoms with Gasteiger partial charge in [0, 0.05) is 16.8 Å². The number of hydrogen-bond donors (Lipinski definition) is 0. The lowest BCUT2D eigenvalue weighted by molar-refractivity contribution is 1.30. The van der Waals surface area contributed by atoms with E-state index in [-0.39, 0.29) is 0 Å². The molecule has 0 radical (unpaired) electrons. The van der Waals surface area contributed by atoms with Crippen molar-refractivity contribution in [2.24, 2.45) is 0 Å². The fraction of sp³-hybridized carbons (Fsp3) is 0. The Morgan fingerprint density at radius 2 is 1.02 bits per heavy atom. The van der Waals surface area contributed by atoms with Gasteiger partial charge < -0.3 is 4.90 Å². The van der Waals surface area contributed by atoms with E-state index in [1.54, 1.807) is 0 Å². The van der Waals surface area contributed by atoms with Crippen LogP contribution in [0.4, 0.5) is 17.1 Å². The molecule has 10 aromatic rings. The summed E-state index contributed by atoms with van der Waals surface area (Å²) in [6.45, 7) is 8.72. The van der Waals surface area contributed by atoms with Crippen molar-refractivity contribution >= 4 is 87.3 Å². The summed E-state index contributed by atoms with van der Waals surface area (Å²) in [6.07, 6.45) is 5.90. The maximum absolute atomic E-state index is 4.72. The van der Waals surface area contributed by atoms with Crippen LogP contribution in [0.3, 0.4) is 0 Å².